The van der Waals surface area contributed by atoms with Crippen LogP contribution in [0.4, 0.5) is 23.3 Å². The molecule has 0 aliphatic heterocycles. The molecule has 0 bridgehead atoms. The van der Waals surface area contributed by atoms with E-state index in [2.05, 4.69) is 46.3 Å². The van der Waals surface area contributed by atoms with Gasteiger partial charge in [0.25, 0.3) is 0 Å². The van der Waals surface area contributed by atoms with Gasteiger partial charge in [-0.15, -0.1) is 0 Å². The smallest absolute Gasteiger partial charge is 0.231 e. The maximum atomic E-state index is 4.57. The largest absolute Gasteiger partial charge is 0.324 e. The van der Waals surface area contributed by atoms with Crippen LogP contribution in [0, 0.1) is 6.92 Å². The fraction of sp³-hybridized carbons (Fsp3) is 0.120. The molecule has 0 unspecified atom stereocenters. The van der Waals surface area contributed by atoms with Crippen LogP contribution in [0.5, 0.6) is 0 Å². The molecule has 0 saturated carbocycles. The van der Waals surface area contributed by atoms with Crippen LogP contribution in [0.3, 0.4) is 0 Å². The molecule has 0 radical (unpaired) electrons. The van der Waals surface area contributed by atoms with Gasteiger partial charge in [0, 0.05) is 47.7 Å². The molecule has 0 amide bonds. The monoisotopic (exact) mass is 451 g/mol. The molecule has 0 saturated heterocycles. The first-order valence-electron chi connectivity index (χ1n) is 10.7. The molecular weight excluding hydrogens is 426 g/mol. The van der Waals surface area contributed by atoms with E-state index in [0.29, 0.717) is 17.6 Å². The molecule has 3 N–H and O–H groups in total. The number of aromatic nitrogens is 4. The number of aryl methyl sites for hydroxylation is 1. The minimum Gasteiger partial charge on any atom is -0.324 e. The number of para-hydroxylation sites is 1. The molecule has 4 rings (SSSR count). The van der Waals surface area contributed by atoms with Crippen molar-refractivity contribution in [2.24, 2.45) is 10.2 Å². The van der Waals surface area contributed by atoms with Crippen molar-refractivity contribution in [3.63, 3.8) is 0 Å². The van der Waals surface area contributed by atoms with Crippen LogP contribution >= 0.6 is 0 Å². The summed E-state index contributed by atoms with van der Waals surface area (Å²) in [5.74, 6) is 1.44. The lowest BCUT2D eigenvalue weighted by molar-refractivity contribution is 1.11. The number of nitrogens with one attached hydrogen (secondary N) is 3. The summed E-state index contributed by atoms with van der Waals surface area (Å²) in [4.78, 5) is 17.2. The van der Waals surface area contributed by atoms with Crippen molar-refractivity contribution in [3.05, 3.63) is 96.1 Å². The van der Waals surface area contributed by atoms with Gasteiger partial charge < -0.3 is 5.32 Å². The molecule has 3 heterocycles. The predicted molar refractivity (Wildman–Crippen MR) is 137 cm³/mol. The number of rotatable bonds is 8. The molecule has 1 aromatic carbocycles. The van der Waals surface area contributed by atoms with E-state index in [0.717, 1.165) is 33.8 Å². The van der Waals surface area contributed by atoms with Crippen molar-refractivity contribution in [2.45, 2.75) is 20.8 Å². The maximum Gasteiger partial charge on any atom is 0.231 e. The topological polar surface area (TPSA) is 112 Å². The second-order valence-electron chi connectivity index (χ2n) is 7.49. The van der Waals surface area contributed by atoms with Gasteiger partial charge in [0.1, 0.15) is 0 Å². The van der Waals surface area contributed by atoms with Gasteiger partial charge in [0.05, 0.1) is 11.4 Å². The maximum absolute atomic E-state index is 4.57. The van der Waals surface area contributed by atoms with E-state index < -0.39 is 0 Å². The van der Waals surface area contributed by atoms with Crippen molar-refractivity contribution in [1.82, 2.24) is 19.9 Å². The highest BCUT2D eigenvalue weighted by atomic mass is 15.4. The molecule has 170 valence electrons. The Bertz CT molecular complexity index is 1230. The summed E-state index contributed by atoms with van der Waals surface area (Å²) in [6.45, 7) is 5.85. The van der Waals surface area contributed by atoms with E-state index in [-0.39, 0.29) is 0 Å². The fourth-order valence-electron chi connectivity index (χ4n) is 3.05. The van der Waals surface area contributed by atoms with Crippen LogP contribution in [-0.4, -0.2) is 31.4 Å². The van der Waals surface area contributed by atoms with Crippen molar-refractivity contribution in [2.75, 3.05) is 16.2 Å². The fourth-order valence-corrected chi connectivity index (χ4v) is 3.05. The van der Waals surface area contributed by atoms with E-state index >= 15 is 0 Å². The zero-order valence-electron chi connectivity index (χ0n) is 19.2. The Morgan fingerprint density at radius 3 is 1.71 bits per heavy atom. The number of nitrogens with zero attached hydrogens (tertiary/aromatic N) is 6. The zero-order valence-corrected chi connectivity index (χ0v) is 19.2. The molecule has 0 aliphatic rings. The molecular formula is C25H25N9. The van der Waals surface area contributed by atoms with Crippen LogP contribution in [-0.2, 0) is 0 Å². The minimum atomic E-state index is 0.412. The number of hydrazone groups is 2. The van der Waals surface area contributed by atoms with E-state index in [1.807, 2.05) is 69.3 Å². The van der Waals surface area contributed by atoms with E-state index in [1.54, 1.807) is 30.9 Å². The van der Waals surface area contributed by atoms with Crippen LogP contribution in [0.25, 0.3) is 0 Å². The summed E-state index contributed by atoms with van der Waals surface area (Å²) in [7, 11) is 0. The first-order chi connectivity index (χ1) is 16.6. The molecule has 0 aliphatic carbocycles. The highest BCUT2D eigenvalue weighted by Gasteiger charge is 2.07. The quantitative estimate of drug-likeness (QED) is 0.255. The lowest BCUT2D eigenvalue weighted by Gasteiger charge is -2.11. The van der Waals surface area contributed by atoms with Crippen molar-refractivity contribution in [1.29, 1.82) is 0 Å². The molecule has 4 aromatic rings. The Morgan fingerprint density at radius 1 is 0.706 bits per heavy atom. The molecule has 0 atom stereocenters. The summed E-state index contributed by atoms with van der Waals surface area (Å²) in [6.07, 6.45) is 6.92. The van der Waals surface area contributed by atoms with Gasteiger partial charge in [0.15, 0.2) is 11.6 Å². The summed E-state index contributed by atoms with van der Waals surface area (Å²) >= 11 is 0. The Morgan fingerprint density at radius 2 is 1.21 bits per heavy atom. The average molecular weight is 452 g/mol. The van der Waals surface area contributed by atoms with Gasteiger partial charge in [0.2, 0.25) is 5.95 Å². The number of pyridine rings is 2. The van der Waals surface area contributed by atoms with Crippen LogP contribution < -0.4 is 16.2 Å². The minimum absolute atomic E-state index is 0.412. The van der Waals surface area contributed by atoms with Gasteiger partial charge in [-0.1, -0.05) is 18.2 Å². The van der Waals surface area contributed by atoms with Gasteiger partial charge in [-0.3, -0.25) is 20.8 Å². The summed E-state index contributed by atoms with van der Waals surface area (Å²) in [6, 6.07) is 17.3. The van der Waals surface area contributed by atoms with Crippen molar-refractivity contribution < 1.29 is 0 Å². The highest BCUT2D eigenvalue weighted by Crippen LogP contribution is 2.21. The molecule has 0 fully saturated rings. The van der Waals surface area contributed by atoms with Gasteiger partial charge in [-0.05, 0) is 56.7 Å². The second kappa shape index (κ2) is 10.8. The van der Waals surface area contributed by atoms with Crippen molar-refractivity contribution in [3.8, 4) is 0 Å². The van der Waals surface area contributed by atoms with Gasteiger partial charge in [-0.2, -0.15) is 20.2 Å². The predicted octanol–water partition coefficient (Wildman–Crippen LogP) is 4.99. The van der Waals surface area contributed by atoms with Gasteiger partial charge >= 0.3 is 0 Å². The summed E-state index contributed by atoms with van der Waals surface area (Å²) in [5, 5.41) is 12.2. The molecule has 9 nitrogen and oxygen atoms in total. The molecule has 9 heteroatoms. The lowest BCUT2D eigenvalue weighted by atomic mass is 10.2. The zero-order chi connectivity index (χ0) is 23.8. The summed E-state index contributed by atoms with van der Waals surface area (Å²) in [5.41, 5.74) is 11.6. The Balaban J connectivity index is 1.61. The Labute approximate surface area is 198 Å². The Hall–Kier alpha value is -4.66. The third-order valence-corrected chi connectivity index (χ3v) is 4.99. The van der Waals surface area contributed by atoms with Crippen molar-refractivity contribution >= 4 is 34.7 Å². The first kappa shape index (κ1) is 22.5. The lowest BCUT2D eigenvalue weighted by Crippen LogP contribution is -2.07. The van der Waals surface area contributed by atoms with E-state index in [9.17, 15) is 0 Å². The van der Waals surface area contributed by atoms with E-state index in [1.165, 1.54) is 0 Å². The molecule has 0 spiro atoms. The van der Waals surface area contributed by atoms with Crippen LogP contribution in [0.2, 0.25) is 0 Å². The number of benzene rings is 1. The SMILES string of the molecule is CC(=NNc1cc(NN=C(C)c2ccncc2)nc(Nc2ccccc2C)n1)c1ccncc1. The number of hydrogen-bond acceptors (Lipinski definition) is 9. The average Bonchev–Trinajstić information content (AvgIpc) is 2.88. The van der Waals surface area contributed by atoms with Gasteiger partial charge in [-0.25, -0.2) is 0 Å². The highest BCUT2D eigenvalue weighted by molar-refractivity contribution is 5.99. The summed E-state index contributed by atoms with van der Waals surface area (Å²) < 4.78 is 0. The standard InChI is InChI=1S/C25H25N9/c1-17-6-4-5-7-22(17)28-25-29-23(33-31-18(2)20-8-12-26-13-9-20)16-24(30-25)34-32-19(3)21-10-14-27-15-11-21/h4-16H,1-3H3,(H3,28,29,30,33,34). The number of anilines is 4. The van der Waals surface area contributed by atoms with E-state index in [4.69, 9.17) is 0 Å². The third kappa shape index (κ3) is 5.98. The second-order valence-corrected chi connectivity index (χ2v) is 7.49. The Kier molecular flexibility index (Phi) is 7.14. The molecule has 3 aromatic heterocycles. The normalized spacial score (nSPS) is 11.7. The van der Waals surface area contributed by atoms with Crippen LogP contribution in [0.15, 0.2) is 89.6 Å². The van der Waals surface area contributed by atoms with Crippen LogP contribution in [0.1, 0.15) is 30.5 Å². The third-order valence-electron chi connectivity index (χ3n) is 4.99. The molecule has 34 heavy (non-hydrogen) atoms. The number of hydrogen-bond donors (Lipinski definition) is 3. The first-order valence-corrected chi connectivity index (χ1v) is 10.7.